The Morgan fingerprint density at radius 3 is 2.67 bits per heavy atom. The second-order valence-corrected chi connectivity index (χ2v) is 7.02. The lowest BCUT2D eigenvalue weighted by Crippen LogP contribution is -2.45. The van der Waals surface area contributed by atoms with E-state index in [2.05, 4.69) is 10.6 Å². The first-order chi connectivity index (χ1) is 14.3. The van der Waals surface area contributed by atoms with E-state index in [1.54, 1.807) is 18.2 Å². The fraction of sp³-hybridized carbons (Fsp3) is 0.200. The van der Waals surface area contributed by atoms with Crippen molar-refractivity contribution < 1.29 is 24.1 Å². The van der Waals surface area contributed by atoms with Crippen molar-refractivity contribution in [1.82, 2.24) is 4.90 Å². The van der Waals surface area contributed by atoms with Gasteiger partial charge in [0.05, 0.1) is 10.5 Å². The van der Waals surface area contributed by atoms with Crippen molar-refractivity contribution in [2.45, 2.75) is 25.8 Å². The van der Waals surface area contributed by atoms with Crippen molar-refractivity contribution in [2.75, 3.05) is 10.6 Å². The molecule has 0 aromatic heterocycles. The van der Waals surface area contributed by atoms with Gasteiger partial charge in [-0.1, -0.05) is 6.07 Å². The molecular formula is C20H16N4O6. The Balaban J connectivity index is 1.56. The molecule has 4 rings (SSSR count). The molecule has 152 valence electrons. The van der Waals surface area contributed by atoms with Gasteiger partial charge in [0, 0.05) is 23.9 Å². The summed E-state index contributed by atoms with van der Waals surface area (Å²) in [6, 6.07) is 7.58. The maximum atomic E-state index is 12.7. The van der Waals surface area contributed by atoms with E-state index in [-0.39, 0.29) is 17.0 Å². The summed E-state index contributed by atoms with van der Waals surface area (Å²) in [5.74, 6) is -2.33. The van der Waals surface area contributed by atoms with Crippen molar-refractivity contribution in [3.63, 3.8) is 0 Å². The Hall–Kier alpha value is -4.08. The standard InChI is InChI=1S/C20H16N4O6/c1-10(18(26)21-12-6-7-14-11(9-12)5-8-16(25)22-14)23-19(27)13-3-2-4-15(24(29)30)17(13)20(23)28/h2-4,6-7,9-10H,5,8H2,1H3,(H,21,26)(H,22,25). The molecule has 2 aromatic carbocycles. The van der Waals surface area contributed by atoms with E-state index in [0.717, 1.165) is 16.5 Å². The number of hydrogen-bond acceptors (Lipinski definition) is 6. The lowest BCUT2D eigenvalue weighted by atomic mass is 10.0. The third-order valence-corrected chi connectivity index (χ3v) is 5.16. The summed E-state index contributed by atoms with van der Waals surface area (Å²) < 4.78 is 0. The van der Waals surface area contributed by atoms with Crippen LogP contribution in [0.25, 0.3) is 0 Å². The number of nitrogens with zero attached hydrogens (tertiary/aromatic N) is 2. The largest absolute Gasteiger partial charge is 0.326 e. The maximum absolute atomic E-state index is 12.7. The molecule has 0 saturated heterocycles. The summed E-state index contributed by atoms with van der Waals surface area (Å²) in [4.78, 5) is 60.8. The third-order valence-electron chi connectivity index (χ3n) is 5.16. The Labute approximate surface area is 170 Å². The minimum Gasteiger partial charge on any atom is -0.326 e. The molecule has 2 aromatic rings. The first-order valence-corrected chi connectivity index (χ1v) is 9.17. The zero-order valence-corrected chi connectivity index (χ0v) is 15.8. The van der Waals surface area contributed by atoms with Crippen LogP contribution in [-0.4, -0.2) is 39.5 Å². The van der Waals surface area contributed by atoms with E-state index in [0.29, 0.717) is 24.2 Å². The van der Waals surface area contributed by atoms with Crippen LogP contribution in [0.5, 0.6) is 0 Å². The number of carbonyl (C=O) groups excluding carboxylic acids is 4. The van der Waals surface area contributed by atoms with Crippen LogP contribution in [-0.2, 0) is 16.0 Å². The van der Waals surface area contributed by atoms with Crippen molar-refractivity contribution in [1.29, 1.82) is 0 Å². The Morgan fingerprint density at radius 1 is 1.17 bits per heavy atom. The molecule has 4 amide bonds. The minimum absolute atomic E-state index is 0.0763. The third kappa shape index (κ3) is 3.08. The smallest absolute Gasteiger partial charge is 0.282 e. The number of anilines is 2. The molecule has 30 heavy (non-hydrogen) atoms. The van der Waals surface area contributed by atoms with Crippen LogP contribution in [0.4, 0.5) is 17.1 Å². The van der Waals surface area contributed by atoms with Crippen molar-refractivity contribution >= 4 is 40.7 Å². The molecule has 0 radical (unpaired) electrons. The molecule has 2 N–H and O–H groups in total. The van der Waals surface area contributed by atoms with Crippen LogP contribution < -0.4 is 10.6 Å². The average Bonchev–Trinajstić information content (AvgIpc) is 2.98. The normalized spacial score (nSPS) is 15.9. The molecule has 0 aliphatic carbocycles. The van der Waals surface area contributed by atoms with Gasteiger partial charge in [-0.2, -0.15) is 0 Å². The summed E-state index contributed by atoms with van der Waals surface area (Å²) in [5.41, 5.74) is 1.10. The molecule has 1 unspecified atom stereocenters. The molecular weight excluding hydrogens is 392 g/mol. The van der Waals surface area contributed by atoms with E-state index in [1.807, 2.05) is 0 Å². The Kier molecular flexibility index (Phi) is 4.53. The van der Waals surface area contributed by atoms with Gasteiger partial charge in [0.25, 0.3) is 17.5 Å². The zero-order valence-electron chi connectivity index (χ0n) is 15.8. The van der Waals surface area contributed by atoms with Gasteiger partial charge in [-0.25, -0.2) is 0 Å². The zero-order chi connectivity index (χ0) is 21.6. The van der Waals surface area contributed by atoms with Crippen LogP contribution in [0.15, 0.2) is 36.4 Å². The highest BCUT2D eigenvalue weighted by Gasteiger charge is 2.44. The van der Waals surface area contributed by atoms with Crippen LogP contribution in [0.1, 0.15) is 39.6 Å². The van der Waals surface area contributed by atoms with E-state index in [9.17, 15) is 29.3 Å². The molecule has 0 saturated carbocycles. The summed E-state index contributed by atoms with van der Waals surface area (Å²) in [6.07, 6.45) is 0.872. The monoisotopic (exact) mass is 408 g/mol. The number of nitrogens with one attached hydrogen (secondary N) is 2. The van der Waals surface area contributed by atoms with Gasteiger partial charge in [0.2, 0.25) is 11.8 Å². The average molecular weight is 408 g/mol. The molecule has 0 bridgehead atoms. The van der Waals surface area contributed by atoms with Gasteiger partial charge >= 0.3 is 0 Å². The van der Waals surface area contributed by atoms with Crippen molar-refractivity contribution in [2.24, 2.45) is 0 Å². The van der Waals surface area contributed by atoms with Crippen LogP contribution >= 0.6 is 0 Å². The fourth-order valence-electron chi connectivity index (χ4n) is 3.61. The lowest BCUT2D eigenvalue weighted by molar-refractivity contribution is -0.385. The molecule has 2 heterocycles. The van der Waals surface area contributed by atoms with Gasteiger partial charge in [0.1, 0.15) is 11.6 Å². The van der Waals surface area contributed by atoms with Gasteiger partial charge in [0.15, 0.2) is 0 Å². The quantitative estimate of drug-likeness (QED) is 0.451. The number of nitro benzene ring substituents is 1. The van der Waals surface area contributed by atoms with Crippen molar-refractivity contribution in [3.05, 3.63) is 63.2 Å². The number of rotatable bonds is 4. The van der Waals surface area contributed by atoms with Crippen LogP contribution in [0.3, 0.4) is 0 Å². The summed E-state index contributed by atoms with van der Waals surface area (Å²) in [5, 5.41) is 16.6. The molecule has 0 spiro atoms. The van der Waals surface area contributed by atoms with Crippen LogP contribution in [0.2, 0.25) is 0 Å². The Bertz CT molecular complexity index is 1140. The number of amides is 4. The van der Waals surface area contributed by atoms with E-state index in [1.165, 1.54) is 19.1 Å². The van der Waals surface area contributed by atoms with Gasteiger partial charge in [-0.05, 0) is 43.2 Å². The van der Waals surface area contributed by atoms with Gasteiger partial charge < -0.3 is 10.6 Å². The predicted molar refractivity (Wildman–Crippen MR) is 105 cm³/mol. The molecule has 10 heteroatoms. The van der Waals surface area contributed by atoms with Gasteiger partial charge in [-0.3, -0.25) is 34.2 Å². The lowest BCUT2D eigenvalue weighted by Gasteiger charge is -2.22. The first kappa shape index (κ1) is 19.2. The highest BCUT2D eigenvalue weighted by atomic mass is 16.6. The number of imide groups is 1. The van der Waals surface area contributed by atoms with E-state index < -0.39 is 34.4 Å². The van der Waals surface area contributed by atoms with Crippen molar-refractivity contribution in [3.8, 4) is 0 Å². The summed E-state index contributed by atoms with van der Waals surface area (Å²) in [6.45, 7) is 1.38. The minimum atomic E-state index is -1.19. The second-order valence-electron chi connectivity index (χ2n) is 7.02. The molecule has 0 fully saturated rings. The maximum Gasteiger partial charge on any atom is 0.282 e. The van der Waals surface area contributed by atoms with E-state index >= 15 is 0 Å². The number of nitro groups is 1. The fourth-order valence-corrected chi connectivity index (χ4v) is 3.61. The van der Waals surface area contributed by atoms with Gasteiger partial charge in [-0.15, -0.1) is 0 Å². The number of fused-ring (bicyclic) bond motifs is 2. The number of hydrogen-bond donors (Lipinski definition) is 2. The second kappa shape index (κ2) is 7.07. The molecule has 10 nitrogen and oxygen atoms in total. The highest BCUT2D eigenvalue weighted by Crippen LogP contribution is 2.32. The SMILES string of the molecule is CC(C(=O)Nc1ccc2c(c1)CCC(=O)N2)N1C(=O)c2cccc([N+](=O)[O-])c2C1=O. The summed E-state index contributed by atoms with van der Waals surface area (Å²) >= 11 is 0. The highest BCUT2D eigenvalue weighted by molar-refractivity contribution is 6.24. The number of aryl methyl sites for hydroxylation is 1. The molecule has 2 aliphatic rings. The van der Waals surface area contributed by atoms with E-state index in [4.69, 9.17) is 0 Å². The predicted octanol–water partition coefficient (Wildman–Crippen LogP) is 2.10. The molecule has 1 atom stereocenters. The van der Waals surface area contributed by atoms with Crippen LogP contribution in [0, 0.1) is 10.1 Å². The first-order valence-electron chi connectivity index (χ1n) is 9.17. The Morgan fingerprint density at radius 2 is 1.93 bits per heavy atom. The summed E-state index contributed by atoms with van der Waals surface area (Å²) in [7, 11) is 0. The number of carbonyl (C=O) groups is 4. The topological polar surface area (TPSA) is 139 Å². The number of benzene rings is 2. The molecule has 2 aliphatic heterocycles.